The first kappa shape index (κ1) is 19.2. The number of benzene rings is 2. The smallest absolute Gasteiger partial charge is 0.227 e. The zero-order valence-corrected chi connectivity index (χ0v) is 16.1. The molecule has 0 radical (unpaired) electrons. The van der Waals surface area contributed by atoms with Gasteiger partial charge >= 0.3 is 0 Å². The van der Waals surface area contributed by atoms with Crippen LogP contribution in [0.4, 0.5) is 10.1 Å². The van der Waals surface area contributed by atoms with Gasteiger partial charge in [0.05, 0.1) is 26.2 Å². The largest absolute Gasteiger partial charge is 0.482 e. The molecule has 2 aromatic carbocycles. The number of piperazine rings is 1. The van der Waals surface area contributed by atoms with Crippen molar-refractivity contribution in [2.45, 2.75) is 13.2 Å². The second-order valence-electron chi connectivity index (χ2n) is 7.24. The minimum Gasteiger partial charge on any atom is -0.482 e. The van der Waals surface area contributed by atoms with Crippen LogP contribution < -0.4 is 20.0 Å². The number of para-hydroxylation sites is 1. The molecule has 4 rings (SSSR count). The van der Waals surface area contributed by atoms with Gasteiger partial charge < -0.3 is 19.0 Å². The zero-order valence-electron chi connectivity index (χ0n) is 16.1. The van der Waals surface area contributed by atoms with Crippen molar-refractivity contribution in [3.05, 3.63) is 94.3 Å². The third-order valence-electron chi connectivity index (χ3n) is 5.15. The lowest BCUT2D eigenvalue weighted by molar-refractivity contribution is -0.915. The maximum atomic E-state index is 13.2. The summed E-state index contributed by atoms with van der Waals surface area (Å²) < 4.78 is 24.4. The molecule has 0 saturated carbocycles. The number of rotatable bonds is 6. The van der Waals surface area contributed by atoms with Gasteiger partial charge in [0, 0.05) is 11.8 Å². The quantitative estimate of drug-likeness (QED) is 0.696. The van der Waals surface area contributed by atoms with E-state index in [2.05, 4.69) is 29.2 Å². The number of hydrogen-bond donors (Lipinski definition) is 1. The van der Waals surface area contributed by atoms with Crippen LogP contribution in [0.15, 0.2) is 76.1 Å². The van der Waals surface area contributed by atoms with Gasteiger partial charge in [0.2, 0.25) is 11.2 Å². The Morgan fingerprint density at radius 3 is 2.55 bits per heavy atom. The van der Waals surface area contributed by atoms with Gasteiger partial charge in [-0.25, -0.2) is 4.39 Å². The number of ether oxygens (including phenoxy) is 1. The Labute approximate surface area is 168 Å². The Bertz CT molecular complexity index is 998. The lowest BCUT2D eigenvalue weighted by atomic mass is 10.2. The molecule has 3 aromatic rings. The van der Waals surface area contributed by atoms with E-state index in [-0.39, 0.29) is 23.6 Å². The van der Waals surface area contributed by atoms with E-state index >= 15 is 0 Å². The van der Waals surface area contributed by atoms with Gasteiger partial charge in [-0.3, -0.25) is 4.79 Å². The average molecular weight is 395 g/mol. The molecule has 2 heterocycles. The van der Waals surface area contributed by atoms with Gasteiger partial charge in [-0.1, -0.05) is 30.3 Å². The first-order chi connectivity index (χ1) is 14.2. The second kappa shape index (κ2) is 8.92. The maximum Gasteiger partial charge on any atom is 0.227 e. The van der Waals surface area contributed by atoms with Crippen molar-refractivity contribution < 1.29 is 18.4 Å². The minimum absolute atomic E-state index is 0.120. The van der Waals surface area contributed by atoms with E-state index in [0.717, 1.165) is 26.2 Å². The summed E-state index contributed by atoms with van der Waals surface area (Å²) in [6.45, 7) is 4.69. The van der Waals surface area contributed by atoms with Crippen LogP contribution in [0, 0.1) is 5.82 Å². The molecule has 150 valence electrons. The summed E-state index contributed by atoms with van der Waals surface area (Å²) >= 11 is 0. The van der Waals surface area contributed by atoms with Gasteiger partial charge in [-0.2, -0.15) is 0 Å². The highest BCUT2D eigenvalue weighted by Gasteiger charge is 2.21. The van der Waals surface area contributed by atoms with Crippen molar-refractivity contribution in [2.75, 3.05) is 31.1 Å². The zero-order chi connectivity index (χ0) is 20.1. The SMILES string of the molecule is O=c1cc(C[NH+]2CCN(c3ccccc3)CC2)occ1OCc1cccc(F)c1. The van der Waals surface area contributed by atoms with E-state index in [4.69, 9.17) is 9.15 Å². The van der Waals surface area contributed by atoms with Crippen molar-refractivity contribution in [1.82, 2.24) is 0 Å². The summed E-state index contributed by atoms with van der Waals surface area (Å²) in [6, 6.07) is 18.0. The van der Waals surface area contributed by atoms with Gasteiger partial charge in [-0.15, -0.1) is 0 Å². The van der Waals surface area contributed by atoms with Crippen molar-refractivity contribution >= 4 is 5.69 Å². The summed E-state index contributed by atoms with van der Waals surface area (Å²) in [5.74, 6) is 0.460. The predicted molar refractivity (Wildman–Crippen MR) is 109 cm³/mol. The minimum atomic E-state index is -0.330. The normalized spacial score (nSPS) is 14.7. The summed E-state index contributed by atoms with van der Waals surface area (Å²) in [5, 5.41) is 0. The van der Waals surface area contributed by atoms with Crippen LogP contribution in [0.2, 0.25) is 0 Å². The molecule has 0 bridgehead atoms. The van der Waals surface area contributed by atoms with Gasteiger partial charge in [0.15, 0.2) is 5.76 Å². The Kier molecular flexibility index (Phi) is 5.91. The van der Waals surface area contributed by atoms with E-state index < -0.39 is 0 Å². The molecule has 0 aliphatic carbocycles. The second-order valence-corrected chi connectivity index (χ2v) is 7.24. The van der Waals surface area contributed by atoms with E-state index in [1.54, 1.807) is 12.1 Å². The summed E-state index contributed by atoms with van der Waals surface area (Å²) in [6.07, 6.45) is 1.36. The van der Waals surface area contributed by atoms with Gasteiger partial charge in [0.1, 0.15) is 25.2 Å². The molecule has 0 atom stereocenters. The van der Waals surface area contributed by atoms with Gasteiger partial charge in [0.25, 0.3) is 0 Å². The Morgan fingerprint density at radius 1 is 1.03 bits per heavy atom. The van der Waals surface area contributed by atoms with Crippen molar-refractivity contribution in [2.24, 2.45) is 0 Å². The van der Waals surface area contributed by atoms with Crippen molar-refractivity contribution in [3.63, 3.8) is 0 Å². The topological polar surface area (TPSA) is 47.1 Å². The van der Waals surface area contributed by atoms with E-state index in [9.17, 15) is 9.18 Å². The molecule has 1 aromatic heterocycles. The number of nitrogens with one attached hydrogen (secondary N) is 1. The number of anilines is 1. The first-order valence-corrected chi connectivity index (χ1v) is 9.80. The highest BCUT2D eigenvalue weighted by atomic mass is 19.1. The Balaban J connectivity index is 1.31. The van der Waals surface area contributed by atoms with E-state index in [0.29, 0.717) is 17.9 Å². The molecule has 1 saturated heterocycles. The molecule has 29 heavy (non-hydrogen) atoms. The molecule has 1 aliphatic rings. The molecule has 0 unspecified atom stereocenters. The maximum absolute atomic E-state index is 13.2. The summed E-state index contributed by atoms with van der Waals surface area (Å²) in [7, 11) is 0. The van der Waals surface area contributed by atoms with Crippen LogP contribution >= 0.6 is 0 Å². The first-order valence-electron chi connectivity index (χ1n) is 9.80. The number of nitrogens with zero attached hydrogens (tertiary/aromatic N) is 1. The third kappa shape index (κ3) is 5.03. The fraction of sp³-hybridized carbons (Fsp3) is 0.261. The predicted octanol–water partition coefficient (Wildman–Crippen LogP) is 2.26. The molecule has 0 amide bonds. The molecule has 5 nitrogen and oxygen atoms in total. The lowest BCUT2D eigenvalue weighted by Crippen LogP contribution is -3.13. The summed E-state index contributed by atoms with van der Waals surface area (Å²) in [5.41, 5.74) is 1.69. The fourth-order valence-corrected chi connectivity index (χ4v) is 3.57. The molecular formula is C23H24FN2O3+. The lowest BCUT2D eigenvalue weighted by Gasteiger charge is -2.33. The highest BCUT2D eigenvalue weighted by Crippen LogP contribution is 2.13. The Morgan fingerprint density at radius 2 is 1.83 bits per heavy atom. The molecule has 1 aliphatic heterocycles. The molecule has 1 N–H and O–H groups in total. The fourth-order valence-electron chi connectivity index (χ4n) is 3.57. The average Bonchev–Trinajstić information content (AvgIpc) is 2.74. The molecule has 1 fully saturated rings. The summed E-state index contributed by atoms with van der Waals surface area (Å²) in [4.78, 5) is 16.1. The van der Waals surface area contributed by atoms with Crippen LogP contribution in [0.25, 0.3) is 0 Å². The van der Waals surface area contributed by atoms with Crippen molar-refractivity contribution in [1.29, 1.82) is 0 Å². The van der Waals surface area contributed by atoms with Crippen LogP contribution in [-0.4, -0.2) is 26.2 Å². The third-order valence-corrected chi connectivity index (χ3v) is 5.15. The number of halogens is 1. The molecule has 0 spiro atoms. The van der Waals surface area contributed by atoms with Crippen LogP contribution in [-0.2, 0) is 13.2 Å². The standard InChI is InChI=1S/C23H23FN2O3/c24-19-6-4-5-18(13-19)16-29-23-17-28-21(14-22(23)27)15-25-9-11-26(12-10-25)20-7-2-1-3-8-20/h1-8,13-14,17H,9-12,15-16H2/p+1. The van der Waals surface area contributed by atoms with Crippen LogP contribution in [0.5, 0.6) is 5.75 Å². The van der Waals surface area contributed by atoms with Crippen LogP contribution in [0.1, 0.15) is 11.3 Å². The highest BCUT2D eigenvalue weighted by molar-refractivity contribution is 5.46. The molecular weight excluding hydrogens is 371 g/mol. The number of quaternary nitrogens is 1. The van der Waals surface area contributed by atoms with Crippen molar-refractivity contribution in [3.8, 4) is 5.75 Å². The molecule has 6 heteroatoms. The number of hydrogen-bond acceptors (Lipinski definition) is 4. The van der Waals surface area contributed by atoms with E-state index in [1.807, 2.05) is 6.07 Å². The van der Waals surface area contributed by atoms with Crippen LogP contribution in [0.3, 0.4) is 0 Å². The monoisotopic (exact) mass is 395 g/mol. The van der Waals surface area contributed by atoms with E-state index in [1.165, 1.54) is 35.0 Å². The van der Waals surface area contributed by atoms with Gasteiger partial charge in [-0.05, 0) is 29.8 Å². The Hall–Kier alpha value is -3.12.